The van der Waals surface area contributed by atoms with Gasteiger partial charge in [0.1, 0.15) is 6.10 Å². The molecule has 4 rings (SSSR count). The highest BCUT2D eigenvalue weighted by molar-refractivity contribution is 5.79. The van der Waals surface area contributed by atoms with Crippen LogP contribution in [0.5, 0.6) is 0 Å². The summed E-state index contributed by atoms with van der Waals surface area (Å²) in [6.07, 6.45) is 21.6. The van der Waals surface area contributed by atoms with Crippen LogP contribution >= 0.6 is 0 Å². The second-order valence-corrected chi connectivity index (χ2v) is 20.3. The maximum atomic E-state index is 14.4. The fourth-order valence-electron chi connectivity index (χ4n) is 13.2. The third-order valence-electron chi connectivity index (χ3n) is 16.3. The van der Waals surface area contributed by atoms with Crippen LogP contribution < -0.4 is 16.4 Å². The fourth-order valence-corrected chi connectivity index (χ4v) is 13.2. The fraction of sp³-hybridized carbons (Fsp3) is 0.957. The van der Waals surface area contributed by atoms with E-state index in [0.717, 1.165) is 90.3 Å². The van der Waals surface area contributed by atoms with Crippen LogP contribution in [-0.2, 0) is 14.3 Å². The Bertz CT molecular complexity index is 1170. The second-order valence-electron chi connectivity index (χ2n) is 20.3. The quantitative estimate of drug-likeness (QED) is 0.0489. The first kappa shape index (κ1) is 46.5. The third-order valence-corrected chi connectivity index (χ3v) is 16.3. The lowest BCUT2D eigenvalue weighted by molar-refractivity contribution is -0.239. The molecule has 0 aromatic carbocycles. The van der Waals surface area contributed by atoms with Crippen LogP contribution in [0, 0.1) is 57.7 Å². The molecule has 12 atom stereocenters. The zero-order chi connectivity index (χ0) is 40.2. The van der Waals surface area contributed by atoms with Crippen molar-refractivity contribution in [3.8, 4) is 0 Å². The maximum absolute atomic E-state index is 14.4. The van der Waals surface area contributed by atoms with E-state index in [-0.39, 0.29) is 69.9 Å². The first-order valence-corrected chi connectivity index (χ1v) is 23.4. The number of esters is 1. The summed E-state index contributed by atoms with van der Waals surface area (Å²) < 4.78 is 6.26. The number of aliphatic hydroxyl groups excluding tert-OH is 2. The predicted octanol–water partition coefficient (Wildman–Crippen LogP) is 8.94. The molecule has 1 amide bonds. The summed E-state index contributed by atoms with van der Waals surface area (Å²) in [6, 6.07) is 0. The standard InChI is InChI=1S/C47H87N3O5/c1-33(2)21-20-22-36(44(54)50-30-19-15-11-10-14-18-29-49-28-17-13-9-8-12-16-27-48)42-38-31-40(53)43-45(5)25-24-39(52)34(3)37(45)23-26-46(43,6)47(38,7)32-41(42)55-35(4)51/h33-34,36-43,49,52-53H,8-32,48H2,1-7H3,(H,50,54)/t34-,36-,37?,38?,39-,40-,41-,42-,43?,45-,46-,47-/m0/s1. The number of ether oxygens (including phenoxy) is 1. The first-order chi connectivity index (χ1) is 26.2. The average Bonchev–Trinajstić information content (AvgIpc) is 3.40. The highest BCUT2D eigenvalue weighted by Gasteiger charge is 2.72. The van der Waals surface area contributed by atoms with Gasteiger partial charge >= 0.3 is 5.97 Å². The molecule has 0 heterocycles. The Morgan fingerprint density at radius 2 is 1.36 bits per heavy atom. The SMILES string of the molecule is CC(=O)O[C@H]1C[C@@]2(C)C(C[C@H](O)C3[C@@]4(C)CC[C@H](O)[C@@H](C)C4CC[C@@]32C)[C@@H]1[C@H](CCCC(C)C)C(=O)NCCCCCCCCNCCCCCCCCN. The van der Waals surface area contributed by atoms with E-state index in [9.17, 15) is 19.8 Å². The normalized spacial score (nSPS) is 36.2. The molecule has 8 nitrogen and oxygen atoms in total. The number of rotatable bonds is 24. The van der Waals surface area contributed by atoms with Gasteiger partial charge in [-0.2, -0.15) is 0 Å². The maximum Gasteiger partial charge on any atom is 0.302 e. The smallest absolute Gasteiger partial charge is 0.302 e. The highest BCUT2D eigenvalue weighted by Crippen LogP contribution is 2.75. The van der Waals surface area contributed by atoms with Crippen molar-refractivity contribution in [2.45, 2.75) is 202 Å². The van der Waals surface area contributed by atoms with E-state index in [1.165, 1.54) is 64.7 Å². The molecule has 4 aliphatic rings. The van der Waals surface area contributed by atoms with Gasteiger partial charge in [0.05, 0.1) is 12.2 Å². The Balaban J connectivity index is 1.34. The van der Waals surface area contributed by atoms with Crippen molar-refractivity contribution in [3.63, 3.8) is 0 Å². The molecule has 8 heteroatoms. The van der Waals surface area contributed by atoms with Gasteiger partial charge in [-0.1, -0.05) is 106 Å². The van der Waals surface area contributed by atoms with Crippen LogP contribution in [0.15, 0.2) is 0 Å². The molecule has 3 unspecified atom stereocenters. The summed E-state index contributed by atoms with van der Waals surface area (Å²) in [5.74, 6) is 0.865. The van der Waals surface area contributed by atoms with Gasteiger partial charge in [-0.3, -0.25) is 9.59 Å². The molecule has 0 spiro atoms. The molecule has 0 radical (unpaired) electrons. The number of hydrogen-bond donors (Lipinski definition) is 5. The molecular formula is C47H87N3O5. The number of fused-ring (bicyclic) bond motifs is 5. The van der Waals surface area contributed by atoms with Gasteiger partial charge in [-0.15, -0.1) is 0 Å². The molecule has 4 aliphatic carbocycles. The van der Waals surface area contributed by atoms with Gasteiger partial charge in [-0.05, 0) is 136 Å². The number of unbranched alkanes of at least 4 members (excludes halogenated alkanes) is 10. The number of hydrogen-bond acceptors (Lipinski definition) is 7. The molecule has 0 saturated heterocycles. The first-order valence-electron chi connectivity index (χ1n) is 23.4. The number of aliphatic hydroxyl groups is 2. The van der Waals surface area contributed by atoms with Gasteiger partial charge in [0.2, 0.25) is 5.91 Å². The summed E-state index contributed by atoms with van der Waals surface area (Å²) in [5, 5.41) is 30.2. The van der Waals surface area contributed by atoms with Crippen molar-refractivity contribution >= 4 is 11.9 Å². The summed E-state index contributed by atoms with van der Waals surface area (Å²) in [6.45, 7) is 19.2. The Morgan fingerprint density at radius 3 is 1.96 bits per heavy atom. The Labute approximate surface area is 337 Å². The largest absolute Gasteiger partial charge is 0.462 e. The zero-order valence-corrected chi connectivity index (χ0v) is 36.6. The van der Waals surface area contributed by atoms with Crippen molar-refractivity contribution in [1.29, 1.82) is 0 Å². The second kappa shape index (κ2) is 21.7. The molecular weight excluding hydrogens is 687 g/mol. The van der Waals surface area contributed by atoms with Crippen molar-refractivity contribution < 1.29 is 24.5 Å². The summed E-state index contributed by atoms with van der Waals surface area (Å²) in [4.78, 5) is 27.1. The predicted molar refractivity (Wildman–Crippen MR) is 225 cm³/mol. The Morgan fingerprint density at radius 1 is 0.764 bits per heavy atom. The molecule has 55 heavy (non-hydrogen) atoms. The average molecular weight is 774 g/mol. The van der Waals surface area contributed by atoms with Gasteiger partial charge in [-0.25, -0.2) is 0 Å². The lowest BCUT2D eigenvalue weighted by Crippen LogP contribution is -2.66. The summed E-state index contributed by atoms with van der Waals surface area (Å²) in [7, 11) is 0. The summed E-state index contributed by atoms with van der Waals surface area (Å²) >= 11 is 0. The van der Waals surface area contributed by atoms with E-state index in [0.29, 0.717) is 24.8 Å². The van der Waals surface area contributed by atoms with Crippen LogP contribution in [0.1, 0.15) is 183 Å². The van der Waals surface area contributed by atoms with Gasteiger partial charge < -0.3 is 31.3 Å². The Kier molecular flexibility index (Phi) is 18.3. The van der Waals surface area contributed by atoms with Gasteiger partial charge in [0.15, 0.2) is 0 Å². The van der Waals surface area contributed by atoms with Gasteiger partial charge in [0, 0.05) is 25.3 Å². The zero-order valence-electron chi connectivity index (χ0n) is 36.6. The lowest BCUT2D eigenvalue weighted by Gasteiger charge is -2.69. The number of nitrogens with one attached hydrogen (secondary N) is 2. The van der Waals surface area contributed by atoms with E-state index < -0.39 is 6.10 Å². The Hall–Kier alpha value is -1.22. The van der Waals surface area contributed by atoms with E-state index in [2.05, 4.69) is 52.2 Å². The minimum absolute atomic E-state index is 0.0524. The van der Waals surface area contributed by atoms with E-state index in [1.807, 2.05) is 0 Å². The molecule has 4 fully saturated rings. The van der Waals surface area contributed by atoms with Crippen molar-refractivity contribution in [1.82, 2.24) is 10.6 Å². The molecule has 0 bridgehead atoms. The molecule has 0 aliphatic heterocycles. The van der Waals surface area contributed by atoms with Crippen LogP contribution in [0.2, 0.25) is 0 Å². The van der Waals surface area contributed by atoms with Crippen molar-refractivity contribution in [3.05, 3.63) is 0 Å². The van der Waals surface area contributed by atoms with E-state index >= 15 is 0 Å². The summed E-state index contributed by atoms with van der Waals surface area (Å²) in [5.41, 5.74) is 5.19. The molecule has 4 saturated carbocycles. The van der Waals surface area contributed by atoms with Gasteiger partial charge in [0.25, 0.3) is 0 Å². The van der Waals surface area contributed by atoms with Crippen molar-refractivity contribution in [2.75, 3.05) is 26.2 Å². The number of amides is 1. The number of nitrogens with two attached hydrogens (primary N) is 1. The van der Waals surface area contributed by atoms with Crippen LogP contribution in [0.4, 0.5) is 0 Å². The molecule has 0 aromatic heterocycles. The molecule has 320 valence electrons. The third kappa shape index (κ3) is 11.3. The minimum Gasteiger partial charge on any atom is -0.462 e. The highest BCUT2D eigenvalue weighted by atomic mass is 16.5. The van der Waals surface area contributed by atoms with E-state index in [4.69, 9.17) is 10.5 Å². The van der Waals surface area contributed by atoms with Crippen LogP contribution in [0.25, 0.3) is 0 Å². The van der Waals surface area contributed by atoms with E-state index in [1.54, 1.807) is 0 Å². The van der Waals surface area contributed by atoms with Crippen molar-refractivity contribution in [2.24, 2.45) is 63.4 Å². The number of carbonyl (C=O) groups is 2. The van der Waals surface area contributed by atoms with Crippen LogP contribution in [-0.4, -0.2) is 66.6 Å². The monoisotopic (exact) mass is 774 g/mol. The number of carbonyl (C=O) groups excluding carboxylic acids is 2. The lowest BCUT2D eigenvalue weighted by atomic mass is 9.36. The molecule has 0 aromatic rings. The topological polar surface area (TPSA) is 134 Å². The molecule has 6 N–H and O–H groups in total. The minimum atomic E-state index is -0.478. The van der Waals surface area contributed by atoms with Crippen LogP contribution in [0.3, 0.4) is 0 Å².